The Labute approximate surface area is 174 Å². The molecule has 1 aromatic carbocycles. The van der Waals surface area contributed by atoms with Gasteiger partial charge in [0.2, 0.25) is 5.89 Å². The number of oxazole rings is 1. The van der Waals surface area contributed by atoms with Crippen LogP contribution in [-0.2, 0) is 16.0 Å². The van der Waals surface area contributed by atoms with Crippen LogP contribution in [0, 0.1) is 6.92 Å². The van der Waals surface area contributed by atoms with E-state index in [1.807, 2.05) is 49.4 Å². The number of thioether (sulfide) groups is 1. The molecule has 2 rings (SSSR count). The molecule has 0 fully saturated rings. The van der Waals surface area contributed by atoms with Crippen LogP contribution in [0.2, 0.25) is 0 Å². The average molecular weight is 369 g/mol. The Morgan fingerprint density at radius 3 is 2.80 bits per heavy atom. The van der Waals surface area contributed by atoms with Gasteiger partial charge in [-0.1, -0.05) is 30.4 Å². The van der Waals surface area contributed by atoms with Gasteiger partial charge in [0, 0.05) is 23.5 Å². The fourth-order valence-corrected chi connectivity index (χ4v) is 2.59. The summed E-state index contributed by atoms with van der Waals surface area (Å²) in [5, 5.41) is 10.2. The molecule has 0 unspecified atom stereocenters. The molecule has 0 atom stereocenters. The van der Waals surface area contributed by atoms with Crippen LogP contribution < -0.4 is 34.7 Å². The fraction of sp³-hybridized carbons (Fsp3) is 0.333. The first-order chi connectivity index (χ1) is 11.7. The van der Waals surface area contributed by atoms with Gasteiger partial charge in [0.1, 0.15) is 5.76 Å². The zero-order valence-electron chi connectivity index (χ0n) is 14.6. The second-order valence-electron chi connectivity index (χ2n) is 5.07. The summed E-state index contributed by atoms with van der Waals surface area (Å²) in [5.41, 5.74) is 1.87. The van der Waals surface area contributed by atoms with E-state index < -0.39 is 5.97 Å². The van der Waals surface area contributed by atoms with E-state index in [0.717, 1.165) is 17.0 Å². The topological polar surface area (TPSA) is 75.4 Å². The third-order valence-corrected chi connectivity index (χ3v) is 4.08. The Morgan fingerprint density at radius 1 is 1.32 bits per heavy atom. The van der Waals surface area contributed by atoms with Gasteiger partial charge in [-0.15, -0.1) is 0 Å². The number of hydrogen-bond donors (Lipinski definition) is 0. The van der Waals surface area contributed by atoms with Gasteiger partial charge in [0.15, 0.2) is 0 Å². The summed E-state index contributed by atoms with van der Waals surface area (Å²) in [6, 6.07) is 9.80. The molecule has 128 valence electrons. The van der Waals surface area contributed by atoms with E-state index in [2.05, 4.69) is 4.98 Å². The molecule has 0 aliphatic rings. The molecule has 0 aliphatic carbocycles. The van der Waals surface area contributed by atoms with Crippen LogP contribution in [0.3, 0.4) is 0 Å². The maximum atomic E-state index is 10.2. The van der Waals surface area contributed by atoms with E-state index in [1.54, 1.807) is 0 Å². The summed E-state index contributed by atoms with van der Waals surface area (Å²) in [6.07, 6.45) is 4.46. The van der Waals surface area contributed by atoms with Crippen molar-refractivity contribution in [3.05, 3.63) is 53.9 Å². The summed E-state index contributed by atoms with van der Waals surface area (Å²) < 4.78 is 11.2. The molecule has 0 saturated carbocycles. The van der Waals surface area contributed by atoms with Gasteiger partial charge in [0.25, 0.3) is 0 Å². The Balaban J connectivity index is 0.00000312. The number of aryl methyl sites for hydroxylation is 1. The van der Waals surface area contributed by atoms with E-state index in [9.17, 15) is 9.90 Å². The van der Waals surface area contributed by atoms with Crippen molar-refractivity contribution in [2.45, 2.75) is 13.3 Å². The van der Waals surface area contributed by atoms with Crippen molar-refractivity contribution in [2.75, 3.05) is 24.7 Å². The molecule has 25 heavy (non-hydrogen) atoms. The zero-order chi connectivity index (χ0) is 17.2. The number of aromatic nitrogens is 1. The van der Waals surface area contributed by atoms with Crippen LogP contribution in [0.4, 0.5) is 0 Å². The molecular weight excluding hydrogens is 349 g/mol. The van der Waals surface area contributed by atoms with Gasteiger partial charge in [-0.3, -0.25) is 0 Å². The largest absolute Gasteiger partial charge is 1.00 e. The molecule has 1 heterocycles. The Bertz CT molecular complexity index is 673. The summed E-state index contributed by atoms with van der Waals surface area (Å²) in [6.45, 7) is 2.95. The molecular formula is C18H20NNaO4S. The smallest absolute Gasteiger partial charge is 0.549 e. The zero-order valence-corrected chi connectivity index (χ0v) is 17.4. The molecule has 0 spiro atoms. The molecule has 0 N–H and O–H groups in total. The van der Waals surface area contributed by atoms with Crippen molar-refractivity contribution < 1.29 is 48.6 Å². The van der Waals surface area contributed by atoms with E-state index in [-0.39, 0.29) is 35.3 Å². The predicted octanol–water partition coefficient (Wildman–Crippen LogP) is -0.748. The maximum absolute atomic E-state index is 10.2. The summed E-state index contributed by atoms with van der Waals surface area (Å²) in [5.74, 6) is 1.06. The van der Waals surface area contributed by atoms with Gasteiger partial charge in [-0.2, -0.15) is 11.8 Å². The maximum Gasteiger partial charge on any atom is 1.00 e. The van der Waals surface area contributed by atoms with Crippen molar-refractivity contribution in [1.82, 2.24) is 4.98 Å². The standard InChI is InChI=1S/C18H21NO4S.Na/c1-14-16(19-18(23-14)15-7-3-2-4-8-15)9-11-22-10-5-6-12-24-13-17(20)21;/h2-8H,9-13H2,1H3,(H,20,21);/q;+1/p-1/b6-5-;. The Morgan fingerprint density at radius 2 is 2.08 bits per heavy atom. The number of aliphatic carboxylic acids is 1. The molecule has 0 saturated heterocycles. The molecule has 0 aliphatic heterocycles. The van der Waals surface area contributed by atoms with Crippen molar-refractivity contribution in [2.24, 2.45) is 0 Å². The summed E-state index contributed by atoms with van der Waals surface area (Å²) in [7, 11) is 0. The number of rotatable bonds is 10. The van der Waals surface area contributed by atoms with Crippen LogP contribution in [-0.4, -0.2) is 35.7 Å². The van der Waals surface area contributed by atoms with Crippen molar-refractivity contribution in [3.8, 4) is 11.5 Å². The van der Waals surface area contributed by atoms with Gasteiger partial charge in [-0.05, 0) is 19.1 Å². The predicted molar refractivity (Wildman–Crippen MR) is 92.7 cm³/mol. The molecule has 0 radical (unpaired) electrons. The molecule has 7 heteroatoms. The first-order valence-electron chi connectivity index (χ1n) is 7.69. The molecule has 5 nitrogen and oxygen atoms in total. The number of carbonyl (C=O) groups excluding carboxylic acids is 1. The van der Waals surface area contributed by atoms with Crippen molar-refractivity contribution >= 4 is 17.7 Å². The minimum absolute atomic E-state index is 0. The van der Waals surface area contributed by atoms with Gasteiger partial charge < -0.3 is 19.1 Å². The second kappa shape index (κ2) is 12.3. The SMILES string of the molecule is Cc1oc(-c2ccccc2)nc1CCOC/C=C\CSCC(=O)[O-].[Na+]. The van der Waals surface area contributed by atoms with E-state index >= 15 is 0 Å². The third kappa shape index (κ3) is 8.25. The van der Waals surface area contributed by atoms with Crippen LogP contribution in [0.5, 0.6) is 0 Å². The number of benzene rings is 1. The van der Waals surface area contributed by atoms with Crippen molar-refractivity contribution in [3.63, 3.8) is 0 Å². The minimum Gasteiger partial charge on any atom is -0.549 e. The van der Waals surface area contributed by atoms with E-state index in [4.69, 9.17) is 9.15 Å². The normalized spacial score (nSPS) is 10.8. The molecule has 0 bridgehead atoms. The van der Waals surface area contributed by atoms with Crippen molar-refractivity contribution in [1.29, 1.82) is 0 Å². The molecule has 0 amide bonds. The van der Waals surface area contributed by atoms with Crippen LogP contribution in [0.1, 0.15) is 11.5 Å². The number of carbonyl (C=O) groups is 1. The quantitative estimate of drug-likeness (QED) is 0.312. The molecule has 1 aromatic heterocycles. The first-order valence-corrected chi connectivity index (χ1v) is 8.84. The van der Waals surface area contributed by atoms with Crippen LogP contribution in [0.15, 0.2) is 46.9 Å². The van der Waals surface area contributed by atoms with Gasteiger partial charge >= 0.3 is 29.6 Å². The number of carboxylic acid groups (broad SMARTS) is 1. The average Bonchev–Trinajstić information content (AvgIpc) is 2.95. The number of hydrogen-bond acceptors (Lipinski definition) is 6. The summed E-state index contributed by atoms with van der Waals surface area (Å²) >= 11 is 1.30. The second-order valence-corrected chi connectivity index (χ2v) is 6.10. The fourth-order valence-electron chi connectivity index (χ4n) is 2.03. The minimum atomic E-state index is -1.04. The number of carboxylic acids is 1. The third-order valence-electron chi connectivity index (χ3n) is 3.21. The van der Waals surface area contributed by atoms with Crippen LogP contribution >= 0.6 is 11.8 Å². The monoisotopic (exact) mass is 369 g/mol. The van der Waals surface area contributed by atoms with Crippen LogP contribution in [0.25, 0.3) is 11.5 Å². The Hall–Kier alpha value is -1.05. The van der Waals surface area contributed by atoms with E-state index in [1.165, 1.54) is 11.8 Å². The number of ether oxygens (including phenoxy) is 1. The van der Waals surface area contributed by atoms with E-state index in [0.29, 0.717) is 31.3 Å². The van der Waals surface area contributed by atoms with Gasteiger partial charge in [-0.25, -0.2) is 4.98 Å². The Kier molecular flexibility index (Phi) is 10.8. The first kappa shape index (κ1) is 22.0. The molecule has 2 aromatic rings. The van der Waals surface area contributed by atoms with Gasteiger partial charge in [0.05, 0.1) is 24.9 Å². The summed E-state index contributed by atoms with van der Waals surface area (Å²) in [4.78, 5) is 14.8. The number of nitrogens with zero attached hydrogens (tertiary/aromatic N) is 1.